The van der Waals surface area contributed by atoms with E-state index in [1.807, 2.05) is 11.3 Å². The molecule has 3 heterocycles. The van der Waals surface area contributed by atoms with E-state index in [2.05, 4.69) is 193 Å². The van der Waals surface area contributed by atoms with E-state index in [-0.39, 0.29) is 5.41 Å². The molecular formula is C51H34N2S. The number of para-hydroxylation sites is 3. The number of hydrogen-bond acceptors (Lipinski definition) is 1. The van der Waals surface area contributed by atoms with Gasteiger partial charge in [0.25, 0.3) is 0 Å². The Bertz CT molecular complexity index is 3340. The van der Waals surface area contributed by atoms with Crippen LogP contribution in [0.3, 0.4) is 0 Å². The molecule has 0 amide bonds. The monoisotopic (exact) mass is 706 g/mol. The first-order valence-corrected chi connectivity index (χ1v) is 19.6. The molecule has 0 unspecified atom stereocenters. The van der Waals surface area contributed by atoms with Crippen LogP contribution in [0.15, 0.2) is 170 Å². The Hall–Kier alpha value is -6.42. The molecule has 254 valence electrons. The van der Waals surface area contributed by atoms with Gasteiger partial charge in [0.2, 0.25) is 0 Å². The van der Waals surface area contributed by atoms with Crippen LogP contribution in [-0.2, 0) is 5.41 Å². The van der Waals surface area contributed by atoms with Crippen LogP contribution in [0, 0.1) is 0 Å². The summed E-state index contributed by atoms with van der Waals surface area (Å²) < 4.78 is 7.75. The maximum atomic E-state index is 2.55. The van der Waals surface area contributed by atoms with E-state index in [1.54, 1.807) is 0 Å². The number of rotatable bonds is 3. The van der Waals surface area contributed by atoms with E-state index in [4.69, 9.17) is 0 Å². The summed E-state index contributed by atoms with van der Waals surface area (Å²) in [5.41, 5.74) is 15.1. The number of nitrogens with zero attached hydrogens (tertiary/aromatic N) is 2. The van der Waals surface area contributed by atoms with Gasteiger partial charge in [0, 0.05) is 64.1 Å². The van der Waals surface area contributed by atoms with Crippen LogP contribution in [0.2, 0.25) is 0 Å². The highest BCUT2D eigenvalue weighted by Gasteiger charge is 2.41. The third kappa shape index (κ3) is 3.84. The van der Waals surface area contributed by atoms with Crippen molar-refractivity contribution in [1.29, 1.82) is 0 Å². The number of thiophene rings is 1. The third-order valence-electron chi connectivity index (χ3n) is 12.1. The van der Waals surface area contributed by atoms with E-state index in [1.165, 1.54) is 109 Å². The maximum absolute atomic E-state index is 2.55. The number of hydrogen-bond donors (Lipinski definition) is 0. The standard InChI is InChI=1S/C51H34N2S/c1-51(2)40-23-10-6-18-37(40)44-47(51)45-38-19-7-11-24-41(38)53(49(45)46-39-20-8-12-25-42(39)52(48(44)46)32-15-4-3-5-16-32)33-29-27-31(28-30-33)34-21-14-22-36-35-17-9-13-26-43(35)54-50(34)36/h3-30H,1-2H3. The van der Waals surface area contributed by atoms with Crippen molar-refractivity contribution in [1.82, 2.24) is 9.13 Å². The molecule has 3 aromatic heterocycles. The largest absolute Gasteiger partial charge is 0.309 e. The van der Waals surface area contributed by atoms with E-state index >= 15 is 0 Å². The van der Waals surface area contributed by atoms with Gasteiger partial charge in [0.1, 0.15) is 0 Å². The van der Waals surface area contributed by atoms with Crippen LogP contribution in [0.4, 0.5) is 0 Å². The van der Waals surface area contributed by atoms with Crippen molar-refractivity contribution in [2.24, 2.45) is 0 Å². The summed E-state index contributed by atoms with van der Waals surface area (Å²) >= 11 is 1.89. The van der Waals surface area contributed by atoms with Gasteiger partial charge >= 0.3 is 0 Å². The summed E-state index contributed by atoms with van der Waals surface area (Å²) in [6.45, 7) is 4.85. The zero-order valence-corrected chi connectivity index (χ0v) is 30.8. The zero-order chi connectivity index (χ0) is 35.7. The molecular weight excluding hydrogens is 673 g/mol. The van der Waals surface area contributed by atoms with Crippen LogP contribution < -0.4 is 0 Å². The Morgan fingerprint density at radius 1 is 0.444 bits per heavy atom. The Balaban J connectivity index is 1.23. The van der Waals surface area contributed by atoms with Crippen LogP contribution in [0.1, 0.15) is 25.0 Å². The minimum absolute atomic E-state index is 0.210. The van der Waals surface area contributed by atoms with Gasteiger partial charge < -0.3 is 9.13 Å². The van der Waals surface area contributed by atoms with Crippen LogP contribution in [0.25, 0.3) is 97.4 Å². The second-order valence-electron chi connectivity index (χ2n) is 15.2. The SMILES string of the molecule is CC1(C)c2ccccc2-c2c1c1c3ccccc3n(-c3ccc(-c4cccc5c4sc4ccccc45)cc3)c1c1c3ccccc3n(-c3ccccc3)c21. The van der Waals surface area contributed by atoms with Gasteiger partial charge in [-0.3, -0.25) is 0 Å². The molecule has 0 atom stereocenters. The Labute approximate surface area is 316 Å². The number of aromatic nitrogens is 2. The highest BCUT2D eigenvalue weighted by Crippen LogP contribution is 2.58. The molecule has 1 aliphatic carbocycles. The van der Waals surface area contributed by atoms with Gasteiger partial charge in [-0.25, -0.2) is 0 Å². The molecule has 0 aliphatic heterocycles. The van der Waals surface area contributed by atoms with Crippen LogP contribution in [0.5, 0.6) is 0 Å². The average molecular weight is 707 g/mol. The van der Waals surface area contributed by atoms with Crippen LogP contribution >= 0.6 is 11.3 Å². The van der Waals surface area contributed by atoms with Crippen molar-refractivity contribution < 1.29 is 0 Å². The molecule has 12 rings (SSSR count). The molecule has 54 heavy (non-hydrogen) atoms. The van der Waals surface area contributed by atoms with Crippen molar-refractivity contribution in [3.63, 3.8) is 0 Å². The van der Waals surface area contributed by atoms with Gasteiger partial charge in [-0.05, 0) is 70.3 Å². The second kappa shape index (κ2) is 10.8. The van der Waals surface area contributed by atoms with E-state index in [0.29, 0.717) is 0 Å². The molecule has 3 heteroatoms. The van der Waals surface area contributed by atoms with Crippen molar-refractivity contribution in [2.45, 2.75) is 19.3 Å². The summed E-state index contributed by atoms with van der Waals surface area (Å²) in [6, 6.07) is 62.9. The molecule has 0 spiro atoms. The lowest BCUT2D eigenvalue weighted by Gasteiger charge is -2.23. The van der Waals surface area contributed by atoms with E-state index in [9.17, 15) is 0 Å². The molecule has 0 N–H and O–H groups in total. The molecule has 0 fully saturated rings. The number of benzene rings is 8. The first-order chi connectivity index (χ1) is 26.6. The van der Waals surface area contributed by atoms with Crippen LogP contribution in [-0.4, -0.2) is 9.13 Å². The Morgan fingerprint density at radius 2 is 1.02 bits per heavy atom. The molecule has 0 bridgehead atoms. The second-order valence-corrected chi connectivity index (χ2v) is 16.3. The fraction of sp³-hybridized carbons (Fsp3) is 0.0588. The lowest BCUT2D eigenvalue weighted by atomic mass is 9.80. The molecule has 1 aliphatic rings. The highest BCUT2D eigenvalue weighted by molar-refractivity contribution is 7.26. The Morgan fingerprint density at radius 3 is 1.80 bits per heavy atom. The van der Waals surface area contributed by atoms with Crippen molar-refractivity contribution in [3.8, 4) is 33.6 Å². The van der Waals surface area contributed by atoms with Gasteiger partial charge in [-0.2, -0.15) is 0 Å². The molecule has 0 radical (unpaired) electrons. The summed E-state index contributed by atoms with van der Waals surface area (Å²) in [7, 11) is 0. The molecule has 0 saturated heterocycles. The third-order valence-corrected chi connectivity index (χ3v) is 13.3. The fourth-order valence-corrected chi connectivity index (χ4v) is 11.1. The first kappa shape index (κ1) is 30.1. The minimum atomic E-state index is -0.210. The predicted octanol–water partition coefficient (Wildman–Crippen LogP) is 14.2. The summed E-state index contributed by atoms with van der Waals surface area (Å²) in [5, 5.41) is 7.87. The first-order valence-electron chi connectivity index (χ1n) is 18.8. The maximum Gasteiger partial charge on any atom is 0.0644 e. The van der Waals surface area contributed by atoms with Gasteiger partial charge in [-0.15, -0.1) is 11.3 Å². The van der Waals surface area contributed by atoms with Gasteiger partial charge in [0.05, 0.1) is 22.1 Å². The molecule has 11 aromatic rings. The summed E-state index contributed by atoms with van der Waals surface area (Å²) in [6.07, 6.45) is 0. The minimum Gasteiger partial charge on any atom is -0.309 e. The van der Waals surface area contributed by atoms with E-state index in [0.717, 1.165) is 0 Å². The molecule has 0 saturated carbocycles. The average Bonchev–Trinajstić information content (AvgIpc) is 3.94. The molecule has 2 nitrogen and oxygen atoms in total. The highest BCUT2D eigenvalue weighted by atomic mass is 32.1. The van der Waals surface area contributed by atoms with Crippen molar-refractivity contribution >= 4 is 75.1 Å². The van der Waals surface area contributed by atoms with Crippen molar-refractivity contribution in [2.75, 3.05) is 0 Å². The van der Waals surface area contributed by atoms with Crippen molar-refractivity contribution in [3.05, 3.63) is 181 Å². The smallest absolute Gasteiger partial charge is 0.0644 e. The lowest BCUT2D eigenvalue weighted by Crippen LogP contribution is -2.15. The van der Waals surface area contributed by atoms with Gasteiger partial charge in [0.15, 0.2) is 0 Å². The lowest BCUT2D eigenvalue weighted by molar-refractivity contribution is 0.667. The molecule has 8 aromatic carbocycles. The summed E-state index contributed by atoms with van der Waals surface area (Å²) in [4.78, 5) is 0. The fourth-order valence-electron chi connectivity index (χ4n) is 9.84. The topological polar surface area (TPSA) is 9.86 Å². The number of fused-ring (bicyclic) bond motifs is 15. The summed E-state index contributed by atoms with van der Waals surface area (Å²) in [5.74, 6) is 0. The zero-order valence-electron chi connectivity index (χ0n) is 30.0. The quantitative estimate of drug-likeness (QED) is 0.173. The Kier molecular flexibility index (Phi) is 6.03. The van der Waals surface area contributed by atoms with E-state index < -0.39 is 0 Å². The predicted molar refractivity (Wildman–Crippen MR) is 231 cm³/mol. The normalized spacial score (nSPS) is 13.5. The van der Waals surface area contributed by atoms with Gasteiger partial charge in [-0.1, -0.05) is 141 Å².